The Labute approximate surface area is 127 Å². The second-order valence-electron chi connectivity index (χ2n) is 5.79. The molecule has 1 fully saturated rings. The molecule has 5 nitrogen and oxygen atoms in total. The highest BCUT2D eigenvalue weighted by Crippen LogP contribution is 2.26. The van der Waals surface area contributed by atoms with Crippen molar-refractivity contribution in [3.8, 4) is 0 Å². The summed E-state index contributed by atoms with van der Waals surface area (Å²) in [6.45, 7) is 9.32. The number of ether oxygens (including phenoxy) is 2. The topological polar surface area (TPSA) is 64.6 Å². The van der Waals surface area contributed by atoms with Gasteiger partial charge < -0.3 is 14.8 Å². The average Bonchev–Trinajstić information content (AvgIpc) is 2.39. The van der Waals surface area contributed by atoms with Crippen molar-refractivity contribution in [1.29, 1.82) is 0 Å². The number of rotatable bonds is 5. The molecule has 120 valence electrons. The molecule has 1 rings (SSSR count). The zero-order chi connectivity index (χ0) is 16.0. The van der Waals surface area contributed by atoms with Crippen molar-refractivity contribution in [2.45, 2.75) is 71.8 Å². The molecule has 1 N–H and O–H groups in total. The van der Waals surface area contributed by atoms with Gasteiger partial charge >= 0.3 is 5.97 Å². The van der Waals surface area contributed by atoms with Gasteiger partial charge in [0, 0.05) is 13.0 Å². The van der Waals surface area contributed by atoms with E-state index in [9.17, 15) is 9.59 Å². The normalized spacial score (nSPS) is 30.9. The van der Waals surface area contributed by atoms with Gasteiger partial charge in [0.15, 0.2) is 0 Å². The minimum Gasteiger partial charge on any atom is -0.459 e. The molecule has 1 saturated heterocycles. The fourth-order valence-corrected chi connectivity index (χ4v) is 2.68. The highest BCUT2D eigenvalue weighted by molar-refractivity contribution is 5.87. The fraction of sp³-hybridized carbons (Fsp3) is 0.750. The molecule has 0 bridgehead atoms. The third kappa shape index (κ3) is 5.87. The van der Waals surface area contributed by atoms with Crippen LogP contribution < -0.4 is 5.32 Å². The summed E-state index contributed by atoms with van der Waals surface area (Å²) in [6, 6.07) is 0.0176. The van der Waals surface area contributed by atoms with E-state index in [1.165, 1.54) is 13.0 Å². The summed E-state index contributed by atoms with van der Waals surface area (Å²) in [5.41, 5.74) is 0. The molecule has 0 saturated carbocycles. The summed E-state index contributed by atoms with van der Waals surface area (Å²) in [4.78, 5) is 22.7. The first kappa shape index (κ1) is 17.7. The lowest BCUT2D eigenvalue weighted by Crippen LogP contribution is -2.50. The van der Waals surface area contributed by atoms with Crippen molar-refractivity contribution in [3.05, 3.63) is 12.2 Å². The summed E-state index contributed by atoms with van der Waals surface area (Å²) in [5, 5.41) is 2.96. The van der Waals surface area contributed by atoms with Gasteiger partial charge in [-0.15, -0.1) is 0 Å². The monoisotopic (exact) mass is 297 g/mol. The zero-order valence-electron chi connectivity index (χ0n) is 13.6. The zero-order valence-corrected chi connectivity index (χ0v) is 13.6. The Balaban J connectivity index is 2.47. The Bertz CT molecular complexity index is 394. The van der Waals surface area contributed by atoms with Crippen LogP contribution in [0, 0.1) is 5.92 Å². The molecule has 21 heavy (non-hydrogen) atoms. The number of carbonyl (C=O) groups excluding carboxylic acids is 2. The molecule has 1 amide bonds. The van der Waals surface area contributed by atoms with Crippen LogP contribution in [0.25, 0.3) is 0 Å². The predicted molar refractivity (Wildman–Crippen MR) is 80.7 cm³/mol. The van der Waals surface area contributed by atoms with Gasteiger partial charge in [0.1, 0.15) is 6.10 Å². The third-order valence-corrected chi connectivity index (χ3v) is 3.82. The number of hydrogen-bond donors (Lipinski definition) is 1. The standard InChI is InChI=1S/C16H27NO4/c1-6-15-10(2)9-14(12(4)21-15)17-16(19)8-7-11(3)20-13(5)18/h7-8,10-12,14-15H,6,9H2,1-5H3,(H,17,19). The van der Waals surface area contributed by atoms with Crippen molar-refractivity contribution in [1.82, 2.24) is 5.32 Å². The molecule has 5 heteroatoms. The molecule has 0 aliphatic carbocycles. The number of hydrogen-bond acceptors (Lipinski definition) is 4. The van der Waals surface area contributed by atoms with Crippen LogP contribution in [0.5, 0.6) is 0 Å². The van der Waals surface area contributed by atoms with E-state index < -0.39 is 6.10 Å². The van der Waals surface area contributed by atoms with Gasteiger partial charge in [0.25, 0.3) is 0 Å². The molecule has 5 atom stereocenters. The van der Waals surface area contributed by atoms with Crippen molar-refractivity contribution in [2.75, 3.05) is 0 Å². The molecule has 0 spiro atoms. The van der Waals surface area contributed by atoms with E-state index in [1.54, 1.807) is 13.0 Å². The first-order chi connectivity index (χ1) is 9.83. The Morgan fingerprint density at radius 2 is 2.10 bits per heavy atom. The summed E-state index contributed by atoms with van der Waals surface area (Å²) in [7, 11) is 0. The Hall–Kier alpha value is -1.36. The van der Waals surface area contributed by atoms with E-state index in [4.69, 9.17) is 9.47 Å². The van der Waals surface area contributed by atoms with Crippen LogP contribution in [-0.4, -0.2) is 36.2 Å². The summed E-state index contributed by atoms with van der Waals surface area (Å²) < 4.78 is 10.9. The first-order valence-electron chi connectivity index (χ1n) is 7.64. The van der Waals surface area contributed by atoms with E-state index in [0.29, 0.717) is 5.92 Å². The maximum absolute atomic E-state index is 11.9. The molecule has 0 aromatic heterocycles. The van der Waals surface area contributed by atoms with Crippen LogP contribution >= 0.6 is 0 Å². The average molecular weight is 297 g/mol. The van der Waals surface area contributed by atoms with Gasteiger partial charge in [-0.25, -0.2) is 0 Å². The van der Waals surface area contributed by atoms with E-state index in [2.05, 4.69) is 19.2 Å². The summed E-state index contributed by atoms with van der Waals surface area (Å²) >= 11 is 0. The maximum Gasteiger partial charge on any atom is 0.303 e. The molecule has 0 aromatic rings. The number of esters is 1. The van der Waals surface area contributed by atoms with E-state index >= 15 is 0 Å². The second kappa shape index (κ2) is 8.17. The van der Waals surface area contributed by atoms with Crippen molar-refractivity contribution in [3.63, 3.8) is 0 Å². The number of carbonyl (C=O) groups is 2. The maximum atomic E-state index is 11.9. The van der Waals surface area contributed by atoms with Crippen molar-refractivity contribution < 1.29 is 19.1 Å². The van der Waals surface area contributed by atoms with Crippen LogP contribution in [0.4, 0.5) is 0 Å². The Morgan fingerprint density at radius 3 is 2.67 bits per heavy atom. The van der Waals surface area contributed by atoms with Gasteiger partial charge in [-0.1, -0.05) is 13.8 Å². The lowest BCUT2D eigenvalue weighted by atomic mass is 9.89. The SMILES string of the molecule is CCC1OC(C)C(NC(=O)C=CC(C)OC(C)=O)CC1C. The molecular weight excluding hydrogens is 270 g/mol. The van der Waals surface area contributed by atoms with Crippen LogP contribution in [0.15, 0.2) is 12.2 Å². The molecule has 1 heterocycles. The number of nitrogens with one attached hydrogen (secondary N) is 1. The van der Waals surface area contributed by atoms with Gasteiger partial charge in [0.2, 0.25) is 5.91 Å². The minimum atomic E-state index is -0.406. The molecule has 0 radical (unpaired) electrons. The second-order valence-corrected chi connectivity index (χ2v) is 5.79. The van der Waals surface area contributed by atoms with E-state index in [-0.39, 0.29) is 30.1 Å². The van der Waals surface area contributed by atoms with Gasteiger partial charge in [-0.3, -0.25) is 9.59 Å². The highest BCUT2D eigenvalue weighted by Gasteiger charge is 2.32. The van der Waals surface area contributed by atoms with Gasteiger partial charge in [-0.2, -0.15) is 0 Å². The molecule has 1 aliphatic rings. The third-order valence-electron chi connectivity index (χ3n) is 3.82. The molecule has 0 aromatic carbocycles. The summed E-state index contributed by atoms with van der Waals surface area (Å²) in [6.07, 6.45) is 4.77. The first-order valence-corrected chi connectivity index (χ1v) is 7.64. The smallest absolute Gasteiger partial charge is 0.303 e. The molecular formula is C16H27NO4. The molecule has 5 unspecified atom stereocenters. The largest absolute Gasteiger partial charge is 0.459 e. The lowest BCUT2D eigenvalue weighted by molar-refractivity contribution is -0.143. The number of amides is 1. The van der Waals surface area contributed by atoms with Gasteiger partial charge in [0.05, 0.1) is 18.2 Å². The Morgan fingerprint density at radius 1 is 1.43 bits per heavy atom. The summed E-state index contributed by atoms with van der Waals surface area (Å²) in [5.74, 6) is -0.113. The van der Waals surface area contributed by atoms with Crippen LogP contribution in [0.1, 0.15) is 47.5 Å². The van der Waals surface area contributed by atoms with Crippen LogP contribution in [0.3, 0.4) is 0 Å². The van der Waals surface area contributed by atoms with E-state index in [0.717, 1.165) is 12.8 Å². The Kier molecular flexibility index (Phi) is 6.89. The lowest BCUT2D eigenvalue weighted by Gasteiger charge is -2.39. The predicted octanol–water partition coefficient (Wildman–Crippen LogP) is 2.20. The quantitative estimate of drug-likeness (QED) is 0.624. The van der Waals surface area contributed by atoms with E-state index in [1.807, 2.05) is 6.92 Å². The van der Waals surface area contributed by atoms with Crippen LogP contribution in [0.2, 0.25) is 0 Å². The van der Waals surface area contributed by atoms with Crippen molar-refractivity contribution in [2.24, 2.45) is 5.92 Å². The minimum absolute atomic E-state index is 0.00870. The van der Waals surface area contributed by atoms with Crippen molar-refractivity contribution >= 4 is 11.9 Å². The van der Waals surface area contributed by atoms with Gasteiger partial charge in [-0.05, 0) is 38.7 Å². The highest BCUT2D eigenvalue weighted by atomic mass is 16.5. The fourth-order valence-electron chi connectivity index (χ4n) is 2.68. The van der Waals surface area contributed by atoms with Crippen LogP contribution in [-0.2, 0) is 19.1 Å². The molecule has 1 aliphatic heterocycles.